The van der Waals surface area contributed by atoms with Crippen molar-refractivity contribution in [3.05, 3.63) is 11.5 Å². The predicted octanol–water partition coefficient (Wildman–Crippen LogP) is 1.18. The van der Waals surface area contributed by atoms with Gasteiger partial charge in [0.25, 0.3) is 0 Å². The number of ether oxygens (including phenoxy) is 1. The lowest BCUT2D eigenvalue weighted by Gasteiger charge is -2.35. The molecule has 0 aliphatic carbocycles. The van der Waals surface area contributed by atoms with Crippen LogP contribution in [-0.2, 0) is 14.6 Å². The summed E-state index contributed by atoms with van der Waals surface area (Å²) in [6.07, 6.45) is 3.54. The monoisotopic (exact) mass is 334 g/mol. The zero-order valence-corrected chi connectivity index (χ0v) is 13.6. The van der Waals surface area contributed by atoms with E-state index in [-0.39, 0.29) is 11.7 Å². The van der Waals surface area contributed by atoms with E-state index in [0.717, 1.165) is 0 Å². The third kappa shape index (κ3) is 3.38. The van der Waals surface area contributed by atoms with Crippen LogP contribution in [0.25, 0.3) is 0 Å². The first-order valence-electron chi connectivity index (χ1n) is 6.59. The zero-order chi connectivity index (χ0) is 15.5. The van der Waals surface area contributed by atoms with Crippen LogP contribution in [0.15, 0.2) is 6.33 Å². The van der Waals surface area contributed by atoms with Gasteiger partial charge in [-0.05, 0) is 12.8 Å². The molecule has 0 spiro atoms. The molecule has 118 valence electrons. The van der Waals surface area contributed by atoms with Gasteiger partial charge in [-0.1, -0.05) is 11.6 Å². The number of aromatic nitrogens is 2. The highest BCUT2D eigenvalue weighted by Gasteiger charge is 2.42. The highest BCUT2D eigenvalue weighted by atomic mass is 35.5. The van der Waals surface area contributed by atoms with E-state index >= 15 is 0 Å². The van der Waals surface area contributed by atoms with Crippen molar-refractivity contribution in [2.24, 2.45) is 0 Å². The van der Waals surface area contributed by atoms with E-state index in [4.69, 9.17) is 16.3 Å². The summed E-state index contributed by atoms with van der Waals surface area (Å²) < 4.78 is 28.8. The highest BCUT2D eigenvalue weighted by Crippen LogP contribution is 2.31. The van der Waals surface area contributed by atoms with Gasteiger partial charge >= 0.3 is 0 Å². The van der Waals surface area contributed by atoms with E-state index < -0.39 is 14.6 Å². The molecule has 1 saturated heterocycles. The molecule has 21 heavy (non-hydrogen) atoms. The second-order valence-electron chi connectivity index (χ2n) is 5.06. The zero-order valence-electron chi connectivity index (χ0n) is 12.0. The fourth-order valence-corrected chi connectivity index (χ4v) is 3.86. The van der Waals surface area contributed by atoms with Crippen LogP contribution in [0.1, 0.15) is 12.8 Å². The van der Waals surface area contributed by atoms with E-state index in [0.29, 0.717) is 37.6 Å². The van der Waals surface area contributed by atoms with E-state index in [1.807, 2.05) is 0 Å². The maximum Gasteiger partial charge on any atom is 0.157 e. The Morgan fingerprint density at radius 1 is 1.38 bits per heavy atom. The van der Waals surface area contributed by atoms with Crippen LogP contribution in [0.5, 0.6) is 0 Å². The van der Waals surface area contributed by atoms with Gasteiger partial charge < -0.3 is 15.4 Å². The van der Waals surface area contributed by atoms with Crippen molar-refractivity contribution >= 4 is 32.9 Å². The van der Waals surface area contributed by atoms with Crippen LogP contribution in [-0.4, -0.2) is 56.2 Å². The SMILES string of the molecule is CNc1c(Cl)ncnc1NCC1(S(C)(=O)=O)CCOCC1. The Hall–Kier alpha value is -1.12. The smallest absolute Gasteiger partial charge is 0.157 e. The minimum Gasteiger partial charge on any atom is -0.383 e. The van der Waals surface area contributed by atoms with Crippen LogP contribution in [0, 0.1) is 0 Å². The number of halogens is 1. The third-order valence-corrected chi connectivity index (χ3v) is 6.23. The minimum absolute atomic E-state index is 0.261. The van der Waals surface area contributed by atoms with E-state index in [9.17, 15) is 8.42 Å². The average Bonchev–Trinajstić information content (AvgIpc) is 2.45. The molecule has 0 amide bonds. The maximum atomic E-state index is 12.2. The molecule has 1 aromatic rings. The minimum atomic E-state index is -3.23. The van der Waals surface area contributed by atoms with E-state index in [1.165, 1.54) is 12.6 Å². The van der Waals surface area contributed by atoms with Crippen molar-refractivity contribution in [2.75, 3.05) is 43.7 Å². The molecule has 1 aliphatic heterocycles. The molecule has 0 saturated carbocycles. The standard InChI is InChI=1S/C12H19ClN4O3S/c1-14-9-10(13)16-8-17-11(9)15-7-12(21(2,18)19)3-5-20-6-4-12/h8,14H,3-7H2,1-2H3,(H,15,16,17). The first kappa shape index (κ1) is 16.3. The lowest BCUT2D eigenvalue weighted by Crippen LogP contribution is -2.48. The fourth-order valence-electron chi connectivity index (χ4n) is 2.39. The first-order valence-corrected chi connectivity index (χ1v) is 8.86. The summed E-state index contributed by atoms with van der Waals surface area (Å²) in [5.74, 6) is 0.493. The summed E-state index contributed by atoms with van der Waals surface area (Å²) in [5, 5.41) is 6.29. The number of nitrogens with one attached hydrogen (secondary N) is 2. The van der Waals surface area contributed by atoms with Crippen molar-refractivity contribution in [2.45, 2.75) is 17.6 Å². The Morgan fingerprint density at radius 3 is 2.62 bits per heavy atom. The fraction of sp³-hybridized carbons (Fsp3) is 0.667. The largest absolute Gasteiger partial charge is 0.383 e. The molecule has 7 nitrogen and oxygen atoms in total. The molecule has 2 N–H and O–H groups in total. The number of rotatable bonds is 5. The molecule has 2 heterocycles. The quantitative estimate of drug-likeness (QED) is 0.781. The number of anilines is 2. The molecular weight excluding hydrogens is 316 g/mol. The van der Waals surface area contributed by atoms with Crippen molar-refractivity contribution in [3.8, 4) is 0 Å². The third-order valence-electron chi connectivity index (χ3n) is 3.82. The van der Waals surface area contributed by atoms with Gasteiger partial charge in [-0.15, -0.1) is 0 Å². The Morgan fingerprint density at radius 2 is 2.05 bits per heavy atom. The summed E-state index contributed by atoms with van der Waals surface area (Å²) in [5.41, 5.74) is 0.551. The normalized spacial score (nSPS) is 18.2. The molecule has 2 rings (SSSR count). The van der Waals surface area contributed by atoms with Crippen molar-refractivity contribution in [3.63, 3.8) is 0 Å². The molecule has 1 aliphatic rings. The van der Waals surface area contributed by atoms with Gasteiger partial charge in [-0.3, -0.25) is 0 Å². The van der Waals surface area contributed by atoms with Crippen LogP contribution < -0.4 is 10.6 Å². The topological polar surface area (TPSA) is 93.2 Å². The molecule has 1 aromatic heterocycles. The van der Waals surface area contributed by atoms with Gasteiger partial charge in [0.05, 0.1) is 4.75 Å². The predicted molar refractivity (Wildman–Crippen MR) is 82.7 cm³/mol. The number of sulfone groups is 1. The second kappa shape index (κ2) is 6.33. The Balaban J connectivity index is 2.22. The van der Waals surface area contributed by atoms with Crippen LogP contribution in [0.4, 0.5) is 11.5 Å². The summed E-state index contributed by atoms with van der Waals surface area (Å²) in [6, 6.07) is 0. The second-order valence-corrected chi connectivity index (χ2v) is 7.83. The van der Waals surface area contributed by atoms with E-state index in [2.05, 4.69) is 20.6 Å². The molecule has 1 fully saturated rings. The Kier molecular flexibility index (Phi) is 4.90. The lowest BCUT2D eigenvalue weighted by atomic mass is 9.99. The molecule has 0 radical (unpaired) electrons. The molecule has 9 heteroatoms. The van der Waals surface area contributed by atoms with E-state index in [1.54, 1.807) is 7.05 Å². The van der Waals surface area contributed by atoms with Crippen LogP contribution in [0.3, 0.4) is 0 Å². The van der Waals surface area contributed by atoms with Crippen LogP contribution in [0.2, 0.25) is 5.15 Å². The van der Waals surface area contributed by atoms with Crippen LogP contribution >= 0.6 is 11.6 Å². The first-order chi connectivity index (χ1) is 9.89. The maximum absolute atomic E-state index is 12.2. The summed E-state index contributed by atoms with van der Waals surface area (Å²) in [4.78, 5) is 8.00. The number of hydrogen-bond donors (Lipinski definition) is 2. The van der Waals surface area contributed by atoms with Crippen molar-refractivity contribution in [1.29, 1.82) is 0 Å². The van der Waals surface area contributed by atoms with Gasteiger partial charge in [0, 0.05) is 33.1 Å². The summed E-state index contributed by atoms with van der Waals surface area (Å²) in [6.45, 7) is 1.15. The Labute approximate surface area is 129 Å². The van der Waals surface area contributed by atoms with Gasteiger partial charge in [0.2, 0.25) is 0 Å². The van der Waals surface area contributed by atoms with Gasteiger partial charge in [0.15, 0.2) is 20.8 Å². The molecule has 0 bridgehead atoms. The summed E-state index contributed by atoms with van der Waals surface area (Å²) >= 11 is 5.98. The summed E-state index contributed by atoms with van der Waals surface area (Å²) in [7, 11) is -1.52. The highest BCUT2D eigenvalue weighted by molar-refractivity contribution is 7.92. The molecule has 0 atom stereocenters. The van der Waals surface area contributed by atoms with Crippen molar-refractivity contribution in [1.82, 2.24) is 9.97 Å². The van der Waals surface area contributed by atoms with Gasteiger partial charge in [-0.25, -0.2) is 18.4 Å². The van der Waals surface area contributed by atoms with Crippen molar-refractivity contribution < 1.29 is 13.2 Å². The van der Waals surface area contributed by atoms with Gasteiger partial charge in [0.1, 0.15) is 12.0 Å². The number of nitrogens with zero attached hydrogens (tertiary/aromatic N) is 2. The molecular formula is C12H19ClN4O3S. The average molecular weight is 335 g/mol. The van der Waals surface area contributed by atoms with Gasteiger partial charge in [-0.2, -0.15) is 0 Å². The molecule has 0 aromatic carbocycles. The molecule has 0 unspecified atom stereocenters. The Bertz CT molecular complexity index is 603. The number of hydrogen-bond acceptors (Lipinski definition) is 7. The lowest BCUT2D eigenvalue weighted by molar-refractivity contribution is 0.0776.